The highest BCUT2D eigenvalue weighted by molar-refractivity contribution is 6.31. The Balaban J connectivity index is 1.79. The van der Waals surface area contributed by atoms with E-state index in [-0.39, 0.29) is 23.4 Å². The van der Waals surface area contributed by atoms with Crippen molar-refractivity contribution in [2.45, 2.75) is 58.5 Å². The van der Waals surface area contributed by atoms with Crippen LogP contribution in [-0.2, 0) is 14.4 Å². The highest BCUT2D eigenvalue weighted by Gasteiger charge is 2.33. The first kappa shape index (κ1) is 27.3. The number of piperidine rings is 1. The lowest BCUT2D eigenvalue weighted by Crippen LogP contribution is -2.55. The van der Waals surface area contributed by atoms with Gasteiger partial charge in [-0.2, -0.15) is 0 Å². The first-order valence-electron chi connectivity index (χ1n) is 11.9. The molecular weight excluding hydrogens is 486 g/mol. The van der Waals surface area contributed by atoms with Gasteiger partial charge < -0.3 is 31.4 Å². The average Bonchev–Trinajstić information content (AvgIpc) is 3.22. The summed E-state index contributed by atoms with van der Waals surface area (Å²) in [7, 11) is 1.51. The number of aromatic amines is 1. The lowest BCUT2D eigenvalue weighted by atomic mass is 9.87. The van der Waals surface area contributed by atoms with Crippen molar-refractivity contribution in [1.82, 2.24) is 20.9 Å². The Hall–Kier alpha value is -3.27. The minimum absolute atomic E-state index is 0.103. The number of carbonyl (C=O) groups excluding carboxylic acids is 4. The van der Waals surface area contributed by atoms with Crippen LogP contribution in [0.25, 0.3) is 10.9 Å². The number of H-pyrrole nitrogens is 1. The zero-order chi connectivity index (χ0) is 26.6. The molecule has 0 spiro atoms. The third-order valence-corrected chi connectivity index (χ3v) is 6.37. The number of methoxy groups -OCH3 is 1. The van der Waals surface area contributed by atoms with Gasteiger partial charge in [-0.05, 0) is 49.3 Å². The fourth-order valence-corrected chi connectivity index (χ4v) is 4.59. The predicted molar refractivity (Wildman–Crippen MR) is 137 cm³/mol. The van der Waals surface area contributed by atoms with Gasteiger partial charge in [0.25, 0.3) is 5.91 Å². The maximum absolute atomic E-state index is 13.3. The van der Waals surface area contributed by atoms with E-state index >= 15 is 0 Å². The summed E-state index contributed by atoms with van der Waals surface area (Å²) in [6, 6.07) is 2.96. The Morgan fingerprint density at radius 1 is 1.19 bits per heavy atom. The van der Waals surface area contributed by atoms with Gasteiger partial charge in [-0.15, -0.1) is 0 Å². The summed E-state index contributed by atoms with van der Waals surface area (Å²) in [4.78, 5) is 53.7. The van der Waals surface area contributed by atoms with E-state index in [0.717, 1.165) is 6.42 Å². The standard InChI is InChI=1S/C25H34ClN5O5/c1-25(2,3)12-19(24(35)30-17(21(27)32)8-13-6-5-7-28-22(13)33)31-23(34)18-11-15-16(29-18)9-14(26)10-20(15)36-4/h9-11,13,17,19,29H,5-8,12H2,1-4H3,(H2,27,32)(H,28,33)(H,30,35)(H,31,34)/t13-,17-,19-/m0/s1. The topological polar surface area (TPSA) is 155 Å². The van der Waals surface area contributed by atoms with Crippen molar-refractivity contribution in [3.8, 4) is 5.75 Å². The maximum atomic E-state index is 13.3. The summed E-state index contributed by atoms with van der Waals surface area (Å²) < 4.78 is 5.35. The van der Waals surface area contributed by atoms with Gasteiger partial charge in [0.2, 0.25) is 17.7 Å². The van der Waals surface area contributed by atoms with Gasteiger partial charge in [-0.3, -0.25) is 19.2 Å². The molecule has 11 heteroatoms. The van der Waals surface area contributed by atoms with Crippen LogP contribution in [0.3, 0.4) is 0 Å². The lowest BCUT2D eigenvalue weighted by Gasteiger charge is -2.29. The minimum Gasteiger partial charge on any atom is -0.496 e. The van der Waals surface area contributed by atoms with E-state index in [2.05, 4.69) is 20.9 Å². The molecule has 3 rings (SSSR count). The van der Waals surface area contributed by atoms with E-state index in [1.165, 1.54) is 7.11 Å². The molecule has 196 valence electrons. The predicted octanol–water partition coefficient (Wildman–Crippen LogP) is 2.25. The number of aromatic nitrogens is 1. The Bertz CT molecular complexity index is 1160. The summed E-state index contributed by atoms with van der Waals surface area (Å²) in [5, 5.41) is 9.32. The van der Waals surface area contributed by atoms with Crippen molar-refractivity contribution < 1.29 is 23.9 Å². The van der Waals surface area contributed by atoms with E-state index in [1.807, 2.05) is 20.8 Å². The van der Waals surface area contributed by atoms with Crippen LogP contribution in [0, 0.1) is 11.3 Å². The molecule has 1 aromatic carbocycles. The number of nitrogens with two attached hydrogens (primary N) is 1. The molecule has 10 nitrogen and oxygen atoms in total. The molecule has 2 heterocycles. The molecule has 1 aliphatic heterocycles. The van der Waals surface area contributed by atoms with E-state index in [1.54, 1.807) is 18.2 Å². The summed E-state index contributed by atoms with van der Waals surface area (Å²) in [6.45, 7) is 6.40. The summed E-state index contributed by atoms with van der Waals surface area (Å²) >= 11 is 6.13. The molecule has 1 aliphatic rings. The number of halogens is 1. The van der Waals surface area contributed by atoms with Gasteiger partial charge in [0.1, 0.15) is 23.5 Å². The van der Waals surface area contributed by atoms with Crippen molar-refractivity contribution in [3.63, 3.8) is 0 Å². The number of amides is 4. The van der Waals surface area contributed by atoms with Crippen LogP contribution in [0.15, 0.2) is 18.2 Å². The first-order valence-corrected chi connectivity index (χ1v) is 12.3. The molecule has 0 saturated carbocycles. The number of primary amides is 1. The highest BCUT2D eigenvalue weighted by Crippen LogP contribution is 2.30. The largest absolute Gasteiger partial charge is 0.496 e. The number of rotatable bonds is 9. The lowest BCUT2D eigenvalue weighted by molar-refractivity contribution is -0.131. The third kappa shape index (κ3) is 6.90. The fraction of sp³-hybridized carbons (Fsp3) is 0.520. The fourth-order valence-electron chi connectivity index (χ4n) is 4.38. The van der Waals surface area contributed by atoms with E-state index in [9.17, 15) is 19.2 Å². The van der Waals surface area contributed by atoms with Crippen LogP contribution in [0.1, 0.15) is 56.9 Å². The van der Waals surface area contributed by atoms with Gasteiger partial charge in [-0.25, -0.2) is 0 Å². The number of fused-ring (bicyclic) bond motifs is 1. The van der Waals surface area contributed by atoms with Crippen LogP contribution >= 0.6 is 11.6 Å². The van der Waals surface area contributed by atoms with E-state index in [4.69, 9.17) is 22.1 Å². The third-order valence-electron chi connectivity index (χ3n) is 6.15. The monoisotopic (exact) mass is 519 g/mol. The number of hydrogen-bond acceptors (Lipinski definition) is 5. The minimum atomic E-state index is -1.04. The van der Waals surface area contributed by atoms with Gasteiger partial charge in [0, 0.05) is 22.9 Å². The van der Waals surface area contributed by atoms with Crippen LogP contribution in [0.2, 0.25) is 5.02 Å². The second-order valence-corrected chi connectivity index (χ2v) is 10.8. The van der Waals surface area contributed by atoms with Gasteiger partial charge in [-0.1, -0.05) is 32.4 Å². The first-order chi connectivity index (χ1) is 16.9. The molecule has 1 aromatic heterocycles. The molecule has 1 fully saturated rings. The quantitative estimate of drug-likeness (QED) is 0.343. The Morgan fingerprint density at radius 3 is 2.53 bits per heavy atom. The normalized spacial score (nSPS) is 17.7. The van der Waals surface area contributed by atoms with Crippen molar-refractivity contribution in [3.05, 3.63) is 28.9 Å². The molecule has 0 radical (unpaired) electrons. The molecule has 36 heavy (non-hydrogen) atoms. The van der Waals surface area contributed by atoms with Crippen LogP contribution < -0.4 is 26.4 Å². The number of nitrogens with one attached hydrogen (secondary N) is 4. The zero-order valence-corrected chi connectivity index (χ0v) is 21.8. The second-order valence-electron chi connectivity index (χ2n) is 10.4. The van der Waals surface area contributed by atoms with Crippen molar-refractivity contribution in [2.75, 3.05) is 13.7 Å². The summed E-state index contributed by atoms with van der Waals surface area (Å²) in [6.07, 6.45) is 1.81. The molecule has 3 atom stereocenters. The molecule has 0 bridgehead atoms. The Morgan fingerprint density at radius 2 is 1.92 bits per heavy atom. The van der Waals surface area contributed by atoms with E-state index in [0.29, 0.717) is 41.1 Å². The highest BCUT2D eigenvalue weighted by atomic mass is 35.5. The van der Waals surface area contributed by atoms with E-state index < -0.39 is 35.7 Å². The molecule has 4 amide bonds. The summed E-state index contributed by atoms with van der Waals surface area (Å²) in [5.41, 5.74) is 6.06. The number of benzene rings is 1. The van der Waals surface area contributed by atoms with Crippen LogP contribution in [0.5, 0.6) is 5.75 Å². The SMILES string of the molecule is COc1cc(Cl)cc2[nH]c(C(=O)N[C@@H](CC(C)(C)C)C(=O)N[C@@H](C[C@@H]3CCCNC3=O)C(N)=O)cc12. The maximum Gasteiger partial charge on any atom is 0.268 e. The van der Waals surface area contributed by atoms with Gasteiger partial charge in [0.15, 0.2) is 0 Å². The van der Waals surface area contributed by atoms with Crippen LogP contribution in [-0.4, -0.2) is 54.4 Å². The molecule has 1 saturated heterocycles. The molecule has 2 aromatic rings. The van der Waals surface area contributed by atoms with Gasteiger partial charge in [0.05, 0.1) is 12.6 Å². The van der Waals surface area contributed by atoms with Gasteiger partial charge >= 0.3 is 0 Å². The summed E-state index contributed by atoms with van der Waals surface area (Å²) in [5.74, 6) is -1.85. The second kappa shape index (κ2) is 11.2. The number of ether oxygens (including phenoxy) is 1. The van der Waals surface area contributed by atoms with Crippen LogP contribution in [0.4, 0.5) is 0 Å². The molecule has 6 N–H and O–H groups in total. The average molecular weight is 520 g/mol. The Kier molecular flexibility index (Phi) is 8.50. The smallest absolute Gasteiger partial charge is 0.268 e. The molecule has 0 aliphatic carbocycles. The Labute approximate surface area is 215 Å². The van der Waals surface area contributed by atoms with Crippen molar-refractivity contribution in [2.24, 2.45) is 17.1 Å². The van der Waals surface area contributed by atoms with Crippen molar-refractivity contribution >= 4 is 46.1 Å². The molecular formula is C25H34ClN5O5. The number of carbonyl (C=O) groups is 4. The zero-order valence-electron chi connectivity index (χ0n) is 21.0. The molecule has 0 unspecified atom stereocenters. The number of hydrogen-bond donors (Lipinski definition) is 5. The van der Waals surface area contributed by atoms with Crippen molar-refractivity contribution in [1.29, 1.82) is 0 Å².